The second kappa shape index (κ2) is 6.41. The lowest BCUT2D eigenvalue weighted by atomic mass is 9.85. The summed E-state index contributed by atoms with van der Waals surface area (Å²) in [5.74, 6) is -0.842. The Kier molecular flexibility index (Phi) is 5.04. The van der Waals surface area contributed by atoms with Crippen LogP contribution in [0, 0.1) is 5.92 Å². The summed E-state index contributed by atoms with van der Waals surface area (Å²) in [4.78, 5) is 11.4. The molecule has 0 bridgehead atoms. The van der Waals surface area contributed by atoms with Gasteiger partial charge < -0.3 is 9.84 Å². The fraction of sp³-hybridized carbons (Fsp3) is 0.923. The normalized spacial score (nSPS) is 31.1. The van der Waals surface area contributed by atoms with Gasteiger partial charge in [-0.05, 0) is 31.6 Å². The van der Waals surface area contributed by atoms with Gasteiger partial charge >= 0.3 is 5.97 Å². The molecule has 0 radical (unpaired) electrons. The third-order valence-electron chi connectivity index (χ3n) is 4.39. The van der Waals surface area contributed by atoms with Crippen LogP contribution in [-0.2, 0) is 19.6 Å². The number of carbonyl (C=O) groups is 1. The summed E-state index contributed by atoms with van der Waals surface area (Å²) in [6, 6.07) is -0.993. The van der Waals surface area contributed by atoms with E-state index in [1.165, 1.54) is 11.4 Å². The Morgan fingerprint density at radius 2 is 2.05 bits per heavy atom. The van der Waals surface area contributed by atoms with Crippen LogP contribution >= 0.6 is 0 Å². The Morgan fingerprint density at radius 3 is 2.70 bits per heavy atom. The molecule has 1 heterocycles. The van der Waals surface area contributed by atoms with E-state index in [0.29, 0.717) is 19.4 Å². The Bertz CT molecular complexity index is 450. The number of hydrogen-bond acceptors (Lipinski definition) is 4. The van der Waals surface area contributed by atoms with Gasteiger partial charge in [0.25, 0.3) is 0 Å². The maximum atomic E-state index is 12.5. The summed E-state index contributed by atoms with van der Waals surface area (Å²) < 4.78 is 31.2. The Hall–Kier alpha value is -0.660. The minimum absolute atomic E-state index is 0.0339. The van der Waals surface area contributed by atoms with Gasteiger partial charge in [0.1, 0.15) is 6.04 Å². The Morgan fingerprint density at radius 1 is 1.35 bits per heavy atom. The largest absolute Gasteiger partial charge is 0.480 e. The summed E-state index contributed by atoms with van der Waals surface area (Å²) in [6.45, 7) is 0.374. The molecule has 1 aliphatic carbocycles. The standard InChI is InChI=1S/C13H23NO5S/c1-19-7-4-8-20(17,18)14-11-6-3-2-5-10(11)9-12(14)13(15)16/h10-12H,2-9H2,1H3,(H,15,16). The third kappa shape index (κ3) is 3.15. The highest BCUT2D eigenvalue weighted by Gasteiger charge is 2.50. The lowest BCUT2D eigenvalue weighted by Crippen LogP contribution is -2.47. The van der Waals surface area contributed by atoms with E-state index < -0.39 is 22.0 Å². The van der Waals surface area contributed by atoms with Crippen LogP contribution in [0.4, 0.5) is 0 Å². The van der Waals surface area contributed by atoms with Crippen molar-refractivity contribution >= 4 is 16.0 Å². The predicted molar refractivity (Wildman–Crippen MR) is 73.9 cm³/mol. The fourth-order valence-corrected chi connectivity index (χ4v) is 5.47. The lowest BCUT2D eigenvalue weighted by molar-refractivity contribution is -0.141. The van der Waals surface area contributed by atoms with E-state index in [9.17, 15) is 18.3 Å². The van der Waals surface area contributed by atoms with E-state index in [2.05, 4.69) is 0 Å². The predicted octanol–water partition coefficient (Wildman–Crippen LogP) is 1.07. The van der Waals surface area contributed by atoms with Crippen molar-refractivity contribution in [2.75, 3.05) is 19.5 Å². The molecule has 1 saturated heterocycles. The van der Waals surface area contributed by atoms with Gasteiger partial charge in [0.15, 0.2) is 0 Å². The number of carboxylic acids is 1. The lowest BCUT2D eigenvalue weighted by Gasteiger charge is -2.32. The van der Waals surface area contributed by atoms with Crippen molar-refractivity contribution in [3.63, 3.8) is 0 Å². The quantitative estimate of drug-likeness (QED) is 0.742. The van der Waals surface area contributed by atoms with Crippen LogP contribution in [0.3, 0.4) is 0 Å². The molecule has 1 saturated carbocycles. The zero-order valence-electron chi connectivity index (χ0n) is 11.8. The molecule has 2 rings (SSSR count). The first-order chi connectivity index (χ1) is 9.47. The Labute approximate surface area is 120 Å². The molecule has 2 aliphatic rings. The molecule has 0 spiro atoms. The highest BCUT2D eigenvalue weighted by molar-refractivity contribution is 7.89. The molecule has 0 aromatic carbocycles. The van der Waals surface area contributed by atoms with Crippen molar-refractivity contribution in [3.05, 3.63) is 0 Å². The number of nitrogens with zero attached hydrogens (tertiary/aromatic N) is 1. The maximum Gasteiger partial charge on any atom is 0.322 e. The summed E-state index contributed by atoms with van der Waals surface area (Å²) in [7, 11) is -2.00. The van der Waals surface area contributed by atoms with Gasteiger partial charge in [-0.1, -0.05) is 12.8 Å². The average Bonchev–Trinajstić information content (AvgIpc) is 2.79. The molecule has 3 atom stereocenters. The number of ether oxygens (including phenoxy) is 1. The van der Waals surface area contributed by atoms with E-state index in [4.69, 9.17) is 4.74 Å². The van der Waals surface area contributed by atoms with Crippen molar-refractivity contribution in [2.45, 2.75) is 50.6 Å². The van der Waals surface area contributed by atoms with Crippen molar-refractivity contribution in [2.24, 2.45) is 5.92 Å². The molecule has 1 N–H and O–H groups in total. The number of sulfonamides is 1. The number of carboxylic acid groups (broad SMARTS) is 1. The third-order valence-corrected chi connectivity index (χ3v) is 6.36. The highest BCUT2D eigenvalue weighted by atomic mass is 32.2. The molecular formula is C13H23NO5S. The van der Waals surface area contributed by atoms with E-state index in [0.717, 1.165) is 25.7 Å². The molecule has 20 heavy (non-hydrogen) atoms. The van der Waals surface area contributed by atoms with Crippen LogP contribution in [0.15, 0.2) is 0 Å². The minimum Gasteiger partial charge on any atom is -0.480 e. The van der Waals surface area contributed by atoms with Crippen LogP contribution in [0.5, 0.6) is 0 Å². The smallest absolute Gasteiger partial charge is 0.322 e. The topological polar surface area (TPSA) is 83.9 Å². The molecule has 0 amide bonds. The fourth-order valence-electron chi connectivity index (χ4n) is 3.52. The maximum absolute atomic E-state index is 12.5. The first kappa shape index (κ1) is 15.7. The van der Waals surface area contributed by atoms with Gasteiger partial charge in [0.05, 0.1) is 5.75 Å². The summed E-state index contributed by atoms with van der Waals surface area (Å²) in [5, 5.41) is 9.33. The highest BCUT2D eigenvalue weighted by Crippen LogP contribution is 2.41. The number of methoxy groups -OCH3 is 1. The van der Waals surface area contributed by atoms with Gasteiger partial charge in [0.2, 0.25) is 10.0 Å². The van der Waals surface area contributed by atoms with E-state index in [1.54, 1.807) is 0 Å². The van der Waals surface area contributed by atoms with E-state index >= 15 is 0 Å². The molecule has 0 aromatic rings. The molecule has 7 heteroatoms. The van der Waals surface area contributed by atoms with Gasteiger partial charge in [-0.3, -0.25) is 4.79 Å². The van der Waals surface area contributed by atoms with Gasteiger partial charge in [0, 0.05) is 19.8 Å². The van der Waals surface area contributed by atoms with Crippen molar-refractivity contribution in [1.29, 1.82) is 0 Å². The van der Waals surface area contributed by atoms with Gasteiger partial charge in [-0.15, -0.1) is 0 Å². The second-order valence-corrected chi connectivity index (χ2v) is 7.69. The molecule has 116 valence electrons. The first-order valence-corrected chi connectivity index (χ1v) is 8.81. The van der Waals surface area contributed by atoms with Gasteiger partial charge in [-0.25, -0.2) is 8.42 Å². The summed E-state index contributed by atoms with van der Waals surface area (Å²) in [5.41, 5.74) is 0. The molecule has 3 unspecified atom stereocenters. The van der Waals surface area contributed by atoms with E-state index in [1.807, 2.05) is 0 Å². The van der Waals surface area contributed by atoms with Crippen LogP contribution in [0.1, 0.15) is 38.5 Å². The Balaban J connectivity index is 2.18. The molecule has 1 aliphatic heterocycles. The zero-order valence-corrected chi connectivity index (χ0v) is 12.6. The number of rotatable bonds is 6. The second-order valence-electron chi connectivity index (χ2n) is 5.69. The molecule has 2 fully saturated rings. The van der Waals surface area contributed by atoms with Gasteiger partial charge in [-0.2, -0.15) is 4.31 Å². The van der Waals surface area contributed by atoms with E-state index in [-0.39, 0.29) is 17.7 Å². The van der Waals surface area contributed by atoms with Crippen molar-refractivity contribution in [1.82, 2.24) is 4.31 Å². The number of hydrogen-bond donors (Lipinski definition) is 1. The average molecular weight is 305 g/mol. The van der Waals surface area contributed by atoms with Crippen molar-refractivity contribution in [3.8, 4) is 0 Å². The van der Waals surface area contributed by atoms with Crippen LogP contribution in [0.25, 0.3) is 0 Å². The monoisotopic (exact) mass is 305 g/mol. The molecule has 6 nitrogen and oxygen atoms in total. The summed E-state index contributed by atoms with van der Waals surface area (Å²) in [6.07, 6.45) is 4.65. The van der Waals surface area contributed by atoms with Crippen LogP contribution < -0.4 is 0 Å². The minimum atomic E-state index is -3.52. The van der Waals surface area contributed by atoms with Crippen molar-refractivity contribution < 1.29 is 23.1 Å². The SMILES string of the molecule is COCCCS(=O)(=O)N1C(C(=O)O)CC2CCCCC21. The number of aliphatic carboxylic acids is 1. The molecular weight excluding hydrogens is 282 g/mol. The van der Waals surface area contributed by atoms with Crippen LogP contribution in [-0.4, -0.2) is 55.4 Å². The molecule has 0 aromatic heterocycles. The first-order valence-electron chi connectivity index (χ1n) is 7.20. The zero-order chi connectivity index (χ0) is 14.8. The summed E-state index contributed by atoms with van der Waals surface area (Å²) >= 11 is 0. The van der Waals surface area contributed by atoms with Crippen LogP contribution in [0.2, 0.25) is 0 Å². The number of fused-ring (bicyclic) bond motifs is 1.